The molecule has 2 N–H and O–H groups in total. The number of H-pyrrole nitrogens is 1. The Labute approximate surface area is 95.1 Å². The van der Waals surface area contributed by atoms with Crippen molar-refractivity contribution in [1.29, 1.82) is 0 Å². The third-order valence-electron chi connectivity index (χ3n) is 3.03. The van der Waals surface area contributed by atoms with Gasteiger partial charge in [0.05, 0.1) is 0 Å². The zero-order chi connectivity index (χ0) is 11.4. The number of rotatable bonds is 2. The molecule has 1 amide bonds. The number of hydrazone groups is 1. The fourth-order valence-corrected chi connectivity index (χ4v) is 1.99. The smallest absolute Gasteiger partial charge is 0.287 e. The van der Waals surface area contributed by atoms with Gasteiger partial charge in [0.2, 0.25) is 0 Å². The zero-order valence-corrected chi connectivity index (χ0v) is 9.49. The molecule has 0 saturated heterocycles. The summed E-state index contributed by atoms with van der Waals surface area (Å²) in [6.45, 7) is 2.17. The molecule has 0 aromatic carbocycles. The van der Waals surface area contributed by atoms with Gasteiger partial charge in [0.25, 0.3) is 5.91 Å². The van der Waals surface area contributed by atoms with Crippen molar-refractivity contribution >= 4 is 11.6 Å². The molecule has 4 nitrogen and oxygen atoms in total. The first-order valence-corrected chi connectivity index (χ1v) is 5.77. The molecular weight excluding hydrogens is 202 g/mol. The van der Waals surface area contributed by atoms with E-state index in [1.165, 1.54) is 19.3 Å². The Balaban J connectivity index is 1.95. The summed E-state index contributed by atoms with van der Waals surface area (Å²) in [5, 5.41) is 4.22. The molecule has 0 unspecified atom stereocenters. The molecule has 1 aromatic heterocycles. The highest BCUT2D eigenvalue weighted by molar-refractivity contribution is 5.94. The quantitative estimate of drug-likeness (QED) is 0.737. The van der Waals surface area contributed by atoms with Gasteiger partial charge in [-0.3, -0.25) is 4.79 Å². The molecule has 0 bridgehead atoms. The van der Waals surface area contributed by atoms with Crippen LogP contribution >= 0.6 is 0 Å². The minimum Gasteiger partial charge on any atom is -0.357 e. The van der Waals surface area contributed by atoms with Crippen molar-refractivity contribution in [1.82, 2.24) is 10.4 Å². The van der Waals surface area contributed by atoms with E-state index in [9.17, 15) is 4.79 Å². The van der Waals surface area contributed by atoms with Crippen molar-refractivity contribution in [3.05, 3.63) is 24.0 Å². The second-order valence-corrected chi connectivity index (χ2v) is 4.27. The average molecular weight is 219 g/mol. The van der Waals surface area contributed by atoms with E-state index in [0.717, 1.165) is 12.1 Å². The molecule has 1 aliphatic carbocycles. The Bertz CT molecular complexity index is 381. The Morgan fingerprint density at radius 1 is 1.56 bits per heavy atom. The van der Waals surface area contributed by atoms with Crippen molar-refractivity contribution in [3.8, 4) is 0 Å². The van der Waals surface area contributed by atoms with Gasteiger partial charge in [-0.25, -0.2) is 5.43 Å². The first-order valence-electron chi connectivity index (χ1n) is 5.77. The van der Waals surface area contributed by atoms with E-state index in [1.807, 2.05) is 0 Å². The van der Waals surface area contributed by atoms with Crippen LogP contribution < -0.4 is 5.43 Å². The first kappa shape index (κ1) is 10.9. The molecule has 2 rings (SSSR count). The molecule has 0 spiro atoms. The fourth-order valence-electron chi connectivity index (χ4n) is 1.99. The number of aromatic nitrogens is 1. The number of aromatic amines is 1. The van der Waals surface area contributed by atoms with Gasteiger partial charge in [-0.15, -0.1) is 0 Å². The van der Waals surface area contributed by atoms with Gasteiger partial charge in [0, 0.05) is 11.9 Å². The number of hydrogen-bond acceptors (Lipinski definition) is 2. The van der Waals surface area contributed by atoms with Crippen molar-refractivity contribution in [2.24, 2.45) is 11.0 Å². The van der Waals surface area contributed by atoms with Crippen LogP contribution in [0.3, 0.4) is 0 Å². The van der Waals surface area contributed by atoms with Gasteiger partial charge in [-0.1, -0.05) is 13.3 Å². The lowest BCUT2D eigenvalue weighted by Gasteiger charge is -2.19. The lowest BCUT2D eigenvalue weighted by Crippen LogP contribution is -2.24. The maximum absolute atomic E-state index is 11.6. The van der Waals surface area contributed by atoms with Gasteiger partial charge in [0.15, 0.2) is 0 Å². The van der Waals surface area contributed by atoms with Crippen LogP contribution in [0.4, 0.5) is 0 Å². The number of carbonyl (C=O) groups is 1. The molecular formula is C12H17N3O. The van der Waals surface area contributed by atoms with Crippen molar-refractivity contribution in [3.63, 3.8) is 0 Å². The van der Waals surface area contributed by atoms with E-state index in [1.54, 1.807) is 18.3 Å². The third-order valence-corrected chi connectivity index (χ3v) is 3.03. The molecule has 0 radical (unpaired) electrons. The predicted octanol–water partition coefficient (Wildman–Crippen LogP) is 2.31. The third kappa shape index (κ3) is 2.51. The number of carbonyl (C=O) groups excluding carboxylic acids is 1. The number of amides is 1. The summed E-state index contributed by atoms with van der Waals surface area (Å²) >= 11 is 0. The molecule has 1 aromatic rings. The molecule has 1 aliphatic rings. The Hall–Kier alpha value is -1.58. The molecule has 1 heterocycles. The van der Waals surface area contributed by atoms with E-state index in [4.69, 9.17) is 0 Å². The highest BCUT2D eigenvalue weighted by Gasteiger charge is 2.16. The summed E-state index contributed by atoms with van der Waals surface area (Å²) < 4.78 is 0. The zero-order valence-electron chi connectivity index (χ0n) is 9.49. The van der Waals surface area contributed by atoms with Crippen LogP contribution in [-0.2, 0) is 0 Å². The lowest BCUT2D eigenvalue weighted by molar-refractivity contribution is 0.0950. The average Bonchev–Trinajstić information content (AvgIpc) is 2.81. The van der Waals surface area contributed by atoms with Crippen LogP contribution in [0.2, 0.25) is 0 Å². The Morgan fingerprint density at radius 2 is 2.44 bits per heavy atom. The summed E-state index contributed by atoms with van der Waals surface area (Å²) in [4.78, 5) is 14.5. The SMILES string of the molecule is C[C@@H]1CCCCC1=NNC(=O)c1ccc[nH]1. The van der Waals surface area contributed by atoms with E-state index in [2.05, 4.69) is 22.4 Å². The van der Waals surface area contributed by atoms with E-state index in [-0.39, 0.29) is 5.91 Å². The van der Waals surface area contributed by atoms with Gasteiger partial charge >= 0.3 is 0 Å². The topological polar surface area (TPSA) is 57.2 Å². The number of nitrogens with one attached hydrogen (secondary N) is 2. The molecule has 86 valence electrons. The van der Waals surface area contributed by atoms with Crippen LogP contribution in [0.25, 0.3) is 0 Å². The van der Waals surface area contributed by atoms with Crippen molar-refractivity contribution in [2.45, 2.75) is 32.6 Å². The summed E-state index contributed by atoms with van der Waals surface area (Å²) in [6.07, 6.45) is 6.36. The second-order valence-electron chi connectivity index (χ2n) is 4.27. The summed E-state index contributed by atoms with van der Waals surface area (Å²) in [6, 6.07) is 3.53. The molecule has 1 atom stereocenters. The molecule has 4 heteroatoms. The highest BCUT2D eigenvalue weighted by atomic mass is 16.2. The number of hydrogen-bond donors (Lipinski definition) is 2. The molecule has 1 saturated carbocycles. The summed E-state index contributed by atoms with van der Waals surface area (Å²) in [7, 11) is 0. The highest BCUT2D eigenvalue weighted by Crippen LogP contribution is 2.20. The van der Waals surface area contributed by atoms with Crippen molar-refractivity contribution < 1.29 is 4.79 Å². The van der Waals surface area contributed by atoms with Gasteiger partial charge < -0.3 is 4.98 Å². The van der Waals surface area contributed by atoms with Gasteiger partial charge in [0.1, 0.15) is 5.69 Å². The monoisotopic (exact) mass is 219 g/mol. The van der Waals surface area contributed by atoms with Crippen LogP contribution in [0.5, 0.6) is 0 Å². The van der Waals surface area contributed by atoms with Gasteiger partial charge in [-0.2, -0.15) is 5.10 Å². The van der Waals surface area contributed by atoms with E-state index in [0.29, 0.717) is 11.6 Å². The van der Waals surface area contributed by atoms with Crippen LogP contribution in [0.1, 0.15) is 43.1 Å². The van der Waals surface area contributed by atoms with Crippen LogP contribution in [0.15, 0.2) is 23.4 Å². The maximum Gasteiger partial charge on any atom is 0.287 e. The molecule has 0 aliphatic heterocycles. The minimum absolute atomic E-state index is 0.171. The van der Waals surface area contributed by atoms with Crippen LogP contribution in [-0.4, -0.2) is 16.6 Å². The van der Waals surface area contributed by atoms with Gasteiger partial charge in [-0.05, 0) is 37.3 Å². The Kier molecular flexibility index (Phi) is 3.39. The minimum atomic E-state index is -0.171. The largest absolute Gasteiger partial charge is 0.357 e. The predicted molar refractivity (Wildman–Crippen MR) is 63.3 cm³/mol. The molecule has 1 fully saturated rings. The normalized spacial score (nSPS) is 23.3. The van der Waals surface area contributed by atoms with Crippen molar-refractivity contribution in [2.75, 3.05) is 0 Å². The Morgan fingerprint density at radius 3 is 3.12 bits per heavy atom. The second kappa shape index (κ2) is 4.96. The molecule has 16 heavy (non-hydrogen) atoms. The first-order chi connectivity index (χ1) is 7.77. The standard InChI is InChI=1S/C12H17N3O/c1-9-5-2-3-6-10(9)14-15-12(16)11-7-4-8-13-11/h4,7-9,13H,2-3,5-6H2,1H3,(H,15,16)/t9-/m1/s1. The van der Waals surface area contributed by atoms with E-state index < -0.39 is 0 Å². The number of nitrogens with zero attached hydrogens (tertiary/aromatic N) is 1. The van der Waals surface area contributed by atoms with Crippen LogP contribution in [0, 0.1) is 5.92 Å². The maximum atomic E-state index is 11.6. The summed E-state index contributed by atoms with van der Waals surface area (Å²) in [5.41, 5.74) is 4.27. The lowest BCUT2D eigenvalue weighted by atomic mass is 9.89. The summed E-state index contributed by atoms with van der Waals surface area (Å²) in [5.74, 6) is 0.327. The fraction of sp³-hybridized carbons (Fsp3) is 0.500. The van der Waals surface area contributed by atoms with E-state index >= 15 is 0 Å².